The summed E-state index contributed by atoms with van der Waals surface area (Å²) in [5.74, 6) is 0.981. The fourth-order valence-electron chi connectivity index (χ4n) is 2.79. The van der Waals surface area contributed by atoms with Crippen molar-refractivity contribution in [1.29, 1.82) is 0 Å². The molecule has 0 N–H and O–H groups in total. The molecular formula is C12H23NO. The second-order valence-corrected chi connectivity index (χ2v) is 4.95. The number of nitrogens with zero attached hydrogens (tertiary/aromatic N) is 1. The topological polar surface area (TPSA) is 12.5 Å². The van der Waals surface area contributed by atoms with Crippen LogP contribution in [-0.2, 0) is 4.74 Å². The van der Waals surface area contributed by atoms with Gasteiger partial charge in [-0.3, -0.25) is 4.90 Å². The summed E-state index contributed by atoms with van der Waals surface area (Å²) in [5.41, 5.74) is 0. The van der Waals surface area contributed by atoms with E-state index in [1.165, 1.54) is 38.6 Å². The average molecular weight is 197 g/mol. The smallest absolute Gasteiger partial charge is 0.0674 e. The van der Waals surface area contributed by atoms with Crippen LogP contribution >= 0.6 is 0 Å². The zero-order chi connectivity index (χ0) is 9.80. The van der Waals surface area contributed by atoms with Crippen LogP contribution in [0.3, 0.4) is 0 Å². The van der Waals surface area contributed by atoms with Crippen LogP contribution in [0, 0.1) is 5.92 Å². The Kier molecular flexibility index (Phi) is 3.82. The van der Waals surface area contributed by atoms with E-state index < -0.39 is 0 Å². The molecule has 1 saturated carbocycles. The Morgan fingerprint density at radius 3 is 2.71 bits per heavy atom. The Labute approximate surface area is 87.6 Å². The number of ether oxygens (including phenoxy) is 1. The minimum absolute atomic E-state index is 0.451. The zero-order valence-corrected chi connectivity index (χ0v) is 9.37. The predicted octanol–water partition coefficient (Wildman–Crippen LogP) is 2.29. The van der Waals surface area contributed by atoms with Crippen LogP contribution in [0.4, 0.5) is 0 Å². The van der Waals surface area contributed by atoms with Gasteiger partial charge in [-0.1, -0.05) is 19.3 Å². The number of hydrogen-bond acceptors (Lipinski definition) is 2. The zero-order valence-electron chi connectivity index (χ0n) is 9.37. The normalized spacial score (nSPS) is 31.9. The number of morpholine rings is 1. The van der Waals surface area contributed by atoms with E-state index in [0.29, 0.717) is 6.10 Å². The molecule has 2 nitrogen and oxygen atoms in total. The van der Waals surface area contributed by atoms with Gasteiger partial charge in [0.2, 0.25) is 0 Å². The van der Waals surface area contributed by atoms with Crippen molar-refractivity contribution in [2.75, 3.05) is 26.2 Å². The van der Waals surface area contributed by atoms with Crippen molar-refractivity contribution >= 4 is 0 Å². The van der Waals surface area contributed by atoms with E-state index in [9.17, 15) is 0 Å². The molecule has 1 aliphatic carbocycles. The van der Waals surface area contributed by atoms with Crippen molar-refractivity contribution in [2.24, 2.45) is 5.92 Å². The summed E-state index contributed by atoms with van der Waals surface area (Å²) in [5, 5.41) is 0. The summed E-state index contributed by atoms with van der Waals surface area (Å²) in [6.07, 6.45) is 7.77. The Morgan fingerprint density at radius 1 is 1.21 bits per heavy atom. The summed E-state index contributed by atoms with van der Waals surface area (Å²) in [6, 6.07) is 0. The summed E-state index contributed by atoms with van der Waals surface area (Å²) >= 11 is 0. The van der Waals surface area contributed by atoms with Crippen molar-refractivity contribution < 1.29 is 4.74 Å². The van der Waals surface area contributed by atoms with Gasteiger partial charge < -0.3 is 4.74 Å². The number of rotatable bonds is 2. The highest BCUT2D eigenvalue weighted by Gasteiger charge is 2.21. The van der Waals surface area contributed by atoms with E-state index in [0.717, 1.165) is 25.6 Å². The molecular weight excluding hydrogens is 174 g/mol. The molecule has 1 saturated heterocycles. The minimum atomic E-state index is 0.451. The van der Waals surface area contributed by atoms with Crippen LogP contribution in [0.2, 0.25) is 0 Å². The molecule has 0 amide bonds. The van der Waals surface area contributed by atoms with Gasteiger partial charge in [0.1, 0.15) is 0 Å². The van der Waals surface area contributed by atoms with Gasteiger partial charge in [-0.05, 0) is 25.7 Å². The fraction of sp³-hybridized carbons (Fsp3) is 1.00. The lowest BCUT2D eigenvalue weighted by Crippen LogP contribution is -2.43. The van der Waals surface area contributed by atoms with Crippen LogP contribution in [0.5, 0.6) is 0 Å². The quantitative estimate of drug-likeness (QED) is 0.673. The number of hydrogen-bond donors (Lipinski definition) is 0. The lowest BCUT2D eigenvalue weighted by atomic mass is 9.89. The van der Waals surface area contributed by atoms with Gasteiger partial charge >= 0.3 is 0 Å². The Bertz CT molecular complexity index is 166. The lowest BCUT2D eigenvalue weighted by Gasteiger charge is -2.34. The molecule has 1 heterocycles. The first-order valence-electron chi connectivity index (χ1n) is 6.18. The van der Waals surface area contributed by atoms with Gasteiger partial charge in [0.15, 0.2) is 0 Å². The van der Waals surface area contributed by atoms with Crippen LogP contribution < -0.4 is 0 Å². The molecule has 0 radical (unpaired) electrons. The van der Waals surface area contributed by atoms with Crippen LogP contribution in [-0.4, -0.2) is 37.2 Å². The Hall–Kier alpha value is -0.0800. The van der Waals surface area contributed by atoms with E-state index in [2.05, 4.69) is 11.8 Å². The van der Waals surface area contributed by atoms with Gasteiger partial charge in [-0.2, -0.15) is 0 Å². The first kappa shape index (κ1) is 10.4. The molecule has 0 bridgehead atoms. The summed E-state index contributed by atoms with van der Waals surface area (Å²) < 4.78 is 5.56. The van der Waals surface area contributed by atoms with Gasteiger partial charge in [0.25, 0.3) is 0 Å². The molecule has 0 aromatic heterocycles. The van der Waals surface area contributed by atoms with Crippen molar-refractivity contribution in [3.63, 3.8) is 0 Å². The second kappa shape index (κ2) is 5.13. The van der Waals surface area contributed by atoms with Crippen molar-refractivity contribution in [3.8, 4) is 0 Å². The molecule has 1 atom stereocenters. The molecule has 0 aromatic rings. The molecule has 1 unspecified atom stereocenters. The van der Waals surface area contributed by atoms with E-state index in [4.69, 9.17) is 4.74 Å². The van der Waals surface area contributed by atoms with Crippen molar-refractivity contribution in [2.45, 2.75) is 45.1 Å². The SMILES string of the molecule is CC1CN(CC2CCCCC2)CCO1. The highest BCUT2D eigenvalue weighted by atomic mass is 16.5. The largest absolute Gasteiger partial charge is 0.376 e. The third-order valence-corrected chi connectivity index (χ3v) is 3.57. The van der Waals surface area contributed by atoms with Gasteiger partial charge in [0, 0.05) is 19.6 Å². The third-order valence-electron chi connectivity index (χ3n) is 3.57. The molecule has 2 rings (SSSR count). The molecule has 2 aliphatic rings. The Morgan fingerprint density at radius 2 is 2.00 bits per heavy atom. The Balaban J connectivity index is 1.72. The average Bonchev–Trinajstić information content (AvgIpc) is 2.19. The monoisotopic (exact) mass is 197 g/mol. The van der Waals surface area contributed by atoms with Gasteiger partial charge in [0.05, 0.1) is 12.7 Å². The van der Waals surface area contributed by atoms with Gasteiger partial charge in [-0.15, -0.1) is 0 Å². The second-order valence-electron chi connectivity index (χ2n) is 4.95. The van der Waals surface area contributed by atoms with E-state index in [1.807, 2.05) is 0 Å². The lowest BCUT2D eigenvalue weighted by molar-refractivity contribution is -0.0246. The molecule has 2 fully saturated rings. The molecule has 0 spiro atoms. The molecule has 2 heteroatoms. The summed E-state index contributed by atoms with van der Waals surface area (Å²) in [7, 11) is 0. The highest BCUT2D eigenvalue weighted by Crippen LogP contribution is 2.24. The molecule has 1 aliphatic heterocycles. The third kappa shape index (κ3) is 2.96. The maximum atomic E-state index is 5.56. The molecule has 0 aromatic carbocycles. The summed E-state index contributed by atoms with van der Waals surface area (Å²) in [6.45, 7) is 6.76. The van der Waals surface area contributed by atoms with Crippen LogP contribution in [0.25, 0.3) is 0 Å². The van der Waals surface area contributed by atoms with E-state index >= 15 is 0 Å². The minimum Gasteiger partial charge on any atom is -0.376 e. The first-order chi connectivity index (χ1) is 6.84. The summed E-state index contributed by atoms with van der Waals surface area (Å²) in [4.78, 5) is 2.60. The van der Waals surface area contributed by atoms with Gasteiger partial charge in [-0.25, -0.2) is 0 Å². The highest BCUT2D eigenvalue weighted by molar-refractivity contribution is 4.74. The van der Waals surface area contributed by atoms with Crippen LogP contribution in [0.15, 0.2) is 0 Å². The molecule has 14 heavy (non-hydrogen) atoms. The molecule has 82 valence electrons. The van der Waals surface area contributed by atoms with E-state index in [-0.39, 0.29) is 0 Å². The van der Waals surface area contributed by atoms with E-state index in [1.54, 1.807) is 0 Å². The van der Waals surface area contributed by atoms with Crippen molar-refractivity contribution in [1.82, 2.24) is 4.90 Å². The first-order valence-corrected chi connectivity index (χ1v) is 6.18. The maximum Gasteiger partial charge on any atom is 0.0674 e. The van der Waals surface area contributed by atoms with Crippen molar-refractivity contribution in [3.05, 3.63) is 0 Å². The predicted molar refractivity (Wildman–Crippen MR) is 58.4 cm³/mol. The standard InChI is InChI=1S/C12H23NO/c1-11-9-13(7-8-14-11)10-12-5-3-2-4-6-12/h11-12H,2-10H2,1H3. The fourth-order valence-corrected chi connectivity index (χ4v) is 2.79. The maximum absolute atomic E-state index is 5.56. The van der Waals surface area contributed by atoms with Crippen LogP contribution in [0.1, 0.15) is 39.0 Å².